The molecule has 1 amide bonds. The zero-order valence-corrected chi connectivity index (χ0v) is 10.8. The second kappa shape index (κ2) is 6.04. The molecule has 6 heteroatoms. The van der Waals surface area contributed by atoms with Gasteiger partial charge in [-0.3, -0.25) is 4.79 Å². The Morgan fingerprint density at radius 3 is 3.06 bits per heavy atom. The van der Waals surface area contributed by atoms with Crippen molar-refractivity contribution in [2.24, 2.45) is 0 Å². The smallest absolute Gasteiger partial charge is 0.243 e. The number of methoxy groups -OCH3 is 1. The fourth-order valence-corrected chi connectivity index (χ4v) is 1.97. The second-order valence-corrected chi connectivity index (χ2v) is 4.33. The number of rotatable bonds is 3. The maximum atomic E-state index is 11.9. The van der Waals surface area contributed by atoms with E-state index in [2.05, 4.69) is 10.6 Å². The fourth-order valence-electron chi connectivity index (χ4n) is 1.71. The van der Waals surface area contributed by atoms with Crippen LogP contribution in [0.15, 0.2) is 18.2 Å². The van der Waals surface area contributed by atoms with Crippen molar-refractivity contribution < 1.29 is 14.3 Å². The van der Waals surface area contributed by atoms with Gasteiger partial charge < -0.3 is 20.1 Å². The fraction of sp³-hybridized carbons (Fsp3) is 0.417. The lowest BCUT2D eigenvalue weighted by Gasteiger charge is -2.22. The number of benzene rings is 1. The monoisotopic (exact) mass is 270 g/mol. The molecule has 1 saturated heterocycles. The number of amides is 1. The Morgan fingerprint density at radius 1 is 1.61 bits per heavy atom. The number of anilines is 1. The third-order valence-corrected chi connectivity index (χ3v) is 2.95. The summed E-state index contributed by atoms with van der Waals surface area (Å²) in [5.41, 5.74) is 0.637. The number of halogens is 1. The van der Waals surface area contributed by atoms with Gasteiger partial charge >= 0.3 is 0 Å². The van der Waals surface area contributed by atoms with E-state index >= 15 is 0 Å². The number of morpholine rings is 1. The molecule has 0 saturated carbocycles. The molecule has 1 aromatic rings. The number of carbonyl (C=O) groups excluding carboxylic acids is 1. The minimum atomic E-state index is -0.320. The minimum absolute atomic E-state index is 0.129. The van der Waals surface area contributed by atoms with Crippen LogP contribution in [0.1, 0.15) is 0 Å². The van der Waals surface area contributed by atoms with E-state index in [4.69, 9.17) is 21.1 Å². The summed E-state index contributed by atoms with van der Waals surface area (Å²) in [6.07, 6.45) is 0. The van der Waals surface area contributed by atoms with Crippen LogP contribution in [0.4, 0.5) is 5.69 Å². The minimum Gasteiger partial charge on any atom is -0.495 e. The number of nitrogens with one attached hydrogen (secondary N) is 2. The van der Waals surface area contributed by atoms with Crippen molar-refractivity contribution in [3.63, 3.8) is 0 Å². The van der Waals surface area contributed by atoms with Crippen LogP contribution in [-0.4, -0.2) is 38.8 Å². The molecule has 1 aliphatic heterocycles. The first kappa shape index (κ1) is 13.1. The van der Waals surface area contributed by atoms with Crippen LogP contribution in [0.5, 0.6) is 5.75 Å². The number of hydrogen-bond acceptors (Lipinski definition) is 4. The van der Waals surface area contributed by atoms with Crippen LogP contribution < -0.4 is 15.4 Å². The molecule has 2 N–H and O–H groups in total. The Bertz CT molecular complexity index is 433. The third kappa shape index (κ3) is 3.13. The van der Waals surface area contributed by atoms with Crippen molar-refractivity contribution in [2.45, 2.75) is 6.04 Å². The van der Waals surface area contributed by atoms with Gasteiger partial charge in [-0.25, -0.2) is 0 Å². The lowest BCUT2D eigenvalue weighted by atomic mass is 10.2. The zero-order valence-electron chi connectivity index (χ0n) is 10.0. The van der Waals surface area contributed by atoms with Crippen molar-refractivity contribution >= 4 is 23.2 Å². The molecule has 18 heavy (non-hydrogen) atoms. The van der Waals surface area contributed by atoms with E-state index < -0.39 is 0 Å². The summed E-state index contributed by atoms with van der Waals surface area (Å²) >= 11 is 5.98. The van der Waals surface area contributed by atoms with Gasteiger partial charge in [0.2, 0.25) is 5.91 Å². The Hall–Kier alpha value is -1.30. The summed E-state index contributed by atoms with van der Waals surface area (Å²) in [6, 6.07) is 4.79. The first-order chi connectivity index (χ1) is 8.70. The Labute approximate surface area is 110 Å². The third-order valence-electron chi connectivity index (χ3n) is 2.66. The van der Waals surface area contributed by atoms with E-state index in [1.807, 2.05) is 0 Å². The van der Waals surface area contributed by atoms with Gasteiger partial charge in [-0.1, -0.05) is 11.6 Å². The summed E-state index contributed by atoms with van der Waals surface area (Å²) < 4.78 is 10.3. The molecular formula is C12H15ClN2O3. The molecule has 0 bridgehead atoms. The molecule has 1 unspecified atom stereocenters. The maximum Gasteiger partial charge on any atom is 0.243 e. The van der Waals surface area contributed by atoms with Crippen molar-refractivity contribution in [2.75, 3.05) is 32.2 Å². The molecule has 1 aliphatic rings. The van der Waals surface area contributed by atoms with E-state index in [0.29, 0.717) is 36.2 Å². The first-order valence-corrected chi connectivity index (χ1v) is 6.04. The van der Waals surface area contributed by atoms with Crippen LogP contribution in [0, 0.1) is 0 Å². The van der Waals surface area contributed by atoms with Crippen LogP contribution in [0.25, 0.3) is 0 Å². The molecule has 0 aliphatic carbocycles. The SMILES string of the molecule is COc1ccc(NC(=O)C2COCCN2)cc1Cl. The van der Waals surface area contributed by atoms with Crippen LogP contribution in [0.3, 0.4) is 0 Å². The Kier molecular flexibility index (Phi) is 4.41. The van der Waals surface area contributed by atoms with Crippen LogP contribution >= 0.6 is 11.6 Å². The molecule has 1 aromatic carbocycles. The van der Waals surface area contributed by atoms with E-state index in [1.165, 1.54) is 0 Å². The lowest BCUT2D eigenvalue weighted by Crippen LogP contribution is -2.48. The average molecular weight is 271 g/mol. The standard InChI is InChI=1S/C12H15ClN2O3/c1-17-11-3-2-8(6-9(11)13)15-12(16)10-7-18-5-4-14-10/h2-3,6,10,14H,4-5,7H2,1H3,(H,15,16). The van der Waals surface area contributed by atoms with Crippen molar-refractivity contribution in [3.05, 3.63) is 23.2 Å². The van der Waals surface area contributed by atoms with Gasteiger partial charge in [0, 0.05) is 12.2 Å². The van der Waals surface area contributed by atoms with Gasteiger partial charge in [0.05, 0.1) is 25.3 Å². The number of carbonyl (C=O) groups is 1. The topological polar surface area (TPSA) is 59.6 Å². The largest absolute Gasteiger partial charge is 0.495 e. The Morgan fingerprint density at radius 2 is 2.44 bits per heavy atom. The molecule has 0 radical (unpaired) electrons. The van der Waals surface area contributed by atoms with Gasteiger partial charge in [-0.2, -0.15) is 0 Å². The summed E-state index contributed by atoms with van der Waals surface area (Å²) in [7, 11) is 1.54. The van der Waals surface area contributed by atoms with Crippen molar-refractivity contribution in [1.82, 2.24) is 5.32 Å². The summed E-state index contributed by atoms with van der Waals surface area (Å²) in [5, 5.41) is 6.33. The van der Waals surface area contributed by atoms with Crippen molar-refractivity contribution in [3.8, 4) is 5.75 Å². The van der Waals surface area contributed by atoms with Crippen molar-refractivity contribution in [1.29, 1.82) is 0 Å². The zero-order chi connectivity index (χ0) is 13.0. The van der Waals surface area contributed by atoms with Gasteiger partial charge in [-0.05, 0) is 18.2 Å². The molecule has 1 fully saturated rings. The molecule has 2 rings (SSSR count). The molecule has 1 heterocycles. The Balaban J connectivity index is 2.00. The van der Waals surface area contributed by atoms with E-state index in [0.717, 1.165) is 0 Å². The first-order valence-electron chi connectivity index (χ1n) is 5.66. The van der Waals surface area contributed by atoms with Gasteiger partial charge in [0.1, 0.15) is 11.8 Å². The number of hydrogen-bond donors (Lipinski definition) is 2. The average Bonchev–Trinajstić information content (AvgIpc) is 2.40. The molecular weight excluding hydrogens is 256 g/mol. The van der Waals surface area contributed by atoms with Gasteiger partial charge in [0.15, 0.2) is 0 Å². The molecule has 0 spiro atoms. The van der Waals surface area contributed by atoms with Crippen LogP contribution in [0.2, 0.25) is 5.02 Å². The van der Waals surface area contributed by atoms with Crippen LogP contribution in [-0.2, 0) is 9.53 Å². The predicted octanol–water partition coefficient (Wildman–Crippen LogP) is 1.28. The molecule has 98 valence electrons. The second-order valence-electron chi connectivity index (χ2n) is 3.92. The predicted molar refractivity (Wildman–Crippen MR) is 69.2 cm³/mol. The van der Waals surface area contributed by atoms with E-state index in [9.17, 15) is 4.79 Å². The molecule has 5 nitrogen and oxygen atoms in total. The summed E-state index contributed by atoms with van der Waals surface area (Å²) in [4.78, 5) is 11.9. The highest BCUT2D eigenvalue weighted by atomic mass is 35.5. The van der Waals surface area contributed by atoms with Gasteiger partial charge in [0.25, 0.3) is 0 Å². The highest BCUT2D eigenvalue weighted by Gasteiger charge is 2.21. The van der Waals surface area contributed by atoms with Gasteiger partial charge in [-0.15, -0.1) is 0 Å². The van der Waals surface area contributed by atoms with E-state index in [-0.39, 0.29) is 11.9 Å². The highest BCUT2D eigenvalue weighted by Crippen LogP contribution is 2.27. The molecule has 0 aromatic heterocycles. The maximum absolute atomic E-state index is 11.9. The summed E-state index contributed by atoms with van der Waals surface area (Å²) in [6.45, 7) is 1.70. The quantitative estimate of drug-likeness (QED) is 0.869. The van der Waals surface area contributed by atoms with E-state index in [1.54, 1.807) is 25.3 Å². The molecule has 1 atom stereocenters. The highest BCUT2D eigenvalue weighted by molar-refractivity contribution is 6.32. The lowest BCUT2D eigenvalue weighted by molar-refractivity contribution is -0.120. The normalized spacial score (nSPS) is 19.3. The number of ether oxygens (including phenoxy) is 2. The summed E-state index contributed by atoms with van der Waals surface area (Å²) in [5.74, 6) is 0.449.